The predicted octanol–water partition coefficient (Wildman–Crippen LogP) is 4.31. The van der Waals surface area contributed by atoms with Gasteiger partial charge in [0.1, 0.15) is 5.52 Å². The lowest BCUT2D eigenvalue weighted by atomic mass is 9.95. The van der Waals surface area contributed by atoms with E-state index in [1.807, 2.05) is 35.9 Å². The fourth-order valence-electron chi connectivity index (χ4n) is 5.10. The normalized spacial score (nSPS) is 19.5. The second-order valence-electron chi connectivity index (χ2n) is 8.98. The van der Waals surface area contributed by atoms with Crippen LogP contribution < -0.4 is 4.90 Å². The summed E-state index contributed by atoms with van der Waals surface area (Å²) in [6.45, 7) is 7.36. The highest BCUT2D eigenvalue weighted by molar-refractivity contribution is 6.30. The molecule has 0 saturated carbocycles. The Morgan fingerprint density at radius 1 is 1.00 bits per heavy atom. The topological polar surface area (TPSA) is 67.2 Å². The molecule has 2 aromatic heterocycles. The summed E-state index contributed by atoms with van der Waals surface area (Å²) in [5, 5.41) is 15.7. The molecule has 168 valence electrons. The van der Waals surface area contributed by atoms with Crippen LogP contribution in [0.15, 0.2) is 24.3 Å². The Bertz CT molecular complexity index is 1140. The van der Waals surface area contributed by atoms with Gasteiger partial charge in [0.15, 0.2) is 5.82 Å². The van der Waals surface area contributed by atoms with Gasteiger partial charge in [0.25, 0.3) is 0 Å². The maximum absolute atomic E-state index is 13.2. The molecule has 4 heterocycles. The number of aryl methyl sites for hydroxylation is 2. The molecule has 1 aromatic carbocycles. The monoisotopic (exact) mass is 452 g/mol. The van der Waals surface area contributed by atoms with Gasteiger partial charge in [-0.2, -0.15) is 10.2 Å². The Kier molecular flexibility index (Phi) is 5.76. The molecule has 0 bridgehead atoms. The molecule has 2 fully saturated rings. The lowest BCUT2D eigenvalue weighted by Gasteiger charge is -2.36. The molecule has 0 unspecified atom stereocenters. The molecule has 2 saturated heterocycles. The van der Waals surface area contributed by atoms with Crippen LogP contribution in [0.2, 0.25) is 5.02 Å². The number of anilines is 1. The highest BCUT2D eigenvalue weighted by Crippen LogP contribution is 2.32. The minimum Gasteiger partial charge on any atom is -0.352 e. The number of piperidine rings is 2. The summed E-state index contributed by atoms with van der Waals surface area (Å²) in [6, 6.07) is 7.67. The number of benzene rings is 1. The molecule has 1 amide bonds. The molecule has 0 N–H and O–H groups in total. The standard InChI is InChI=1S/C24H29ClN6O/c1-16-21-17(2)31(20-10-8-19(25)9-11-20)28-22(21)23(27-26-16)30-14-6-7-18(15-30)24(32)29-12-4-3-5-13-29/h8-11,18H,3-7,12-15H2,1-2H3/t18-/m0/s1. The SMILES string of the molecule is Cc1nnc(N2CCC[C@H](C(=O)N3CCCCC3)C2)c2nn(-c3ccc(Cl)cc3)c(C)c12. The average molecular weight is 453 g/mol. The van der Waals surface area contributed by atoms with Gasteiger partial charge >= 0.3 is 0 Å². The fourth-order valence-corrected chi connectivity index (χ4v) is 5.23. The first-order chi connectivity index (χ1) is 15.5. The quantitative estimate of drug-likeness (QED) is 0.592. The number of hydrogen-bond acceptors (Lipinski definition) is 5. The van der Waals surface area contributed by atoms with E-state index in [0.717, 1.165) is 79.1 Å². The van der Waals surface area contributed by atoms with Crippen LogP contribution in [0, 0.1) is 19.8 Å². The second kappa shape index (κ2) is 8.70. The first kappa shape index (κ1) is 21.2. The molecule has 7 nitrogen and oxygen atoms in total. The molecule has 1 atom stereocenters. The molecule has 2 aliphatic heterocycles. The van der Waals surface area contributed by atoms with E-state index >= 15 is 0 Å². The zero-order valence-corrected chi connectivity index (χ0v) is 19.5. The Labute approximate surface area is 193 Å². The lowest BCUT2D eigenvalue weighted by Crippen LogP contribution is -2.46. The first-order valence-electron chi connectivity index (χ1n) is 11.5. The number of likely N-dealkylation sites (tertiary alicyclic amines) is 1. The number of rotatable bonds is 3. The average Bonchev–Trinajstić information content (AvgIpc) is 3.18. The number of nitrogens with zero attached hydrogens (tertiary/aromatic N) is 6. The van der Waals surface area contributed by atoms with Crippen molar-refractivity contribution in [2.24, 2.45) is 5.92 Å². The fraction of sp³-hybridized carbons (Fsp3) is 0.500. The summed E-state index contributed by atoms with van der Waals surface area (Å²) in [7, 11) is 0. The van der Waals surface area contributed by atoms with Crippen molar-refractivity contribution in [2.75, 3.05) is 31.1 Å². The van der Waals surface area contributed by atoms with E-state index in [-0.39, 0.29) is 5.92 Å². The number of carbonyl (C=O) groups is 1. The zero-order chi connectivity index (χ0) is 22.2. The van der Waals surface area contributed by atoms with Gasteiger partial charge in [0.05, 0.1) is 28.4 Å². The number of carbonyl (C=O) groups excluding carboxylic acids is 1. The van der Waals surface area contributed by atoms with E-state index in [9.17, 15) is 4.79 Å². The molecule has 8 heteroatoms. The predicted molar refractivity (Wildman–Crippen MR) is 127 cm³/mol. The van der Waals surface area contributed by atoms with Crippen molar-refractivity contribution in [3.63, 3.8) is 0 Å². The number of halogens is 1. The molecule has 0 aliphatic carbocycles. The third-order valence-corrected chi connectivity index (χ3v) is 7.05. The molecule has 32 heavy (non-hydrogen) atoms. The van der Waals surface area contributed by atoms with Gasteiger partial charge in [-0.3, -0.25) is 4.79 Å². The number of hydrogen-bond donors (Lipinski definition) is 0. The molecule has 2 aliphatic rings. The van der Waals surface area contributed by atoms with Gasteiger partial charge < -0.3 is 9.80 Å². The van der Waals surface area contributed by atoms with Crippen LogP contribution in [0.5, 0.6) is 0 Å². The third kappa shape index (κ3) is 3.83. The lowest BCUT2D eigenvalue weighted by molar-refractivity contribution is -0.136. The highest BCUT2D eigenvalue weighted by atomic mass is 35.5. The van der Waals surface area contributed by atoms with Crippen LogP contribution in [0.25, 0.3) is 16.6 Å². The van der Waals surface area contributed by atoms with Crippen LogP contribution in [0.1, 0.15) is 43.5 Å². The molecular formula is C24H29ClN6O. The van der Waals surface area contributed by atoms with Crippen LogP contribution in [-0.4, -0.2) is 57.0 Å². The maximum atomic E-state index is 13.2. The zero-order valence-electron chi connectivity index (χ0n) is 18.7. The van der Waals surface area contributed by atoms with Crippen molar-refractivity contribution in [1.29, 1.82) is 0 Å². The van der Waals surface area contributed by atoms with Gasteiger partial charge in [0.2, 0.25) is 5.91 Å². The van der Waals surface area contributed by atoms with Gasteiger partial charge in [-0.05, 0) is 70.2 Å². The molecular weight excluding hydrogens is 424 g/mol. The van der Waals surface area contributed by atoms with Crippen molar-refractivity contribution in [1.82, 2.24) is 24.9 Å². The Balaban J connectivity index is 1.48. The van der Waals surface area contributed by atoms with Crippen LogP contribution >= 0.6 is 11.6 Å². The molecule has 5 rings (SSSR count). The van der Waals surface area contributed by atoms with E-state index < -0.39 is 0 Å². The van der Waals surface area contributed by atoms with E-state index in [4.69, 9.17) is 16.7 Å². The Morgan fingerprint density at radius 2 is 1.75 bits per heavy atom. The van der Waals surface area contributed by atoms with E-state index in [0.29, 0.717) is 17.5 Å². The first-order valence-corrected chi connectivity index (χ1v) is 11.9. The number of aromatic nitrogens is 4. The van der Waals surface area contributed by atoms with Gasteiger partial charge in [-0.1, -0.05) is 11.6 Å². The smallest absolute Gasteiger partial charge is 0.227 e. The Hall–Kier alpha value is -2.67. The van der Waals surface area contributed by atoms with Gasteiger partial charge in [0, 0.05) is 31.2 Å². The van der Waals surface area contributed by atoms with Crippen LogP contribution in [-0.2, 0) is 4.79 Å². The van der Waals surface area contributed by atoms with Crippen molar-refractivity contribution in [3.8, 4) is 5.69 Å². The van der Waals surface area contributed by atoms with Crippen LogP contribution in [0.4, 0.5) is 5.82 Å². The molecule has 0 radical (unpaired) electrons. The second-order valence-corrected chi connectivity index (χ2v) is 9.41. The molecule has 0 spiro atoms. The van der Waals surface area contributed by atoms with Crippen molar-refractivity contribution in [3.05, 3.63) is 40.7 Å². The van der Waals surface area contributed by atoms with Crippen molar-refractivity contribution < 1.29 is 4.79 Å². The third-order valence-electron chi connectivity index (χ3n) is 6.79. The largest absolute Gasteiger partial charge is 0.352 e. The summed E-state index contributed by atoms with van der Waals surface area (Å²) in [6.07, 6.45) is 5.37. The summed E-state index contributed by atoms with van der Waals surface area (Å²) < 4.78 is 1.93. The number of fused-ring (bicyclic) bond motifs is 1. The van der Waals surface area contributed by atoms with Crippen LogP contribution in [0.3, 0.4) is 0 Å². The Morgan fingerprint density at radius 3 is 2.50 bits per heavy atom. The van der Waals surface area contributed by atoms with E-state index in [1.165, 1.54) is 6.42 Å². The minimum atomic E-state index is 0.0134. The van der Waals surface area contributed by atoms with E-state index in [1.54, 1.807) is 0 Å². The minimum absolute atomic E-state index is 0.0134. The van der Waals surface area contributed by atoms with Crippen molar-refractivity contribution in [2.45, 2.75) is 46.0 Å². The summed E-state index contributed by atoms with van der Waals surface area (Å²) in [5.41, 5.74) is 3.68. The van der Waals surface area contributed by atoms with Gasteiger partial charge in [-0.25, -0.2) is 4.68 Å². The summed E-state index contributed by atoms with van der Waals surface area (Å²) in [5.74, 6) is 1.09. The van der Waals surface area contributed by atoms with Gasteiger partial charge in [-0.15, -0.1) is 5.10 Å². The van der Waals surface area contributed by atoms with Crippen molar-refractivity contribution >= 4 is 34.2 Å². The van der Waals surface area contributed by atoms with E-state index in [2.05, 4.69) is 26.9 Å². The maximum Gasteiger partial charge on any atom is 0.227 e. The molecule has 3 aromatic rings. The highest BCUT2D eigenvalue weighted by Gasteiger charge is 2.32. The summed E-state index contributed by atoms with van der Waals surface area (Å²) in [4.78, 5) is 17.4. The number of amides is 1. The summed E-state index contributed by atoms with van der Waals surface area (Å²) >= 11 is 6.08.